The van der Waals surface area contributed by atoms with Gasteiger partial charge in [0.15, 0.2) is 0 Å². The van der Waals surface area contributed by atoms with Gasteiger partial charge in [-0.1, -0.05) is 12.8 Å². The molecule has 2 rings (SSSR count). The zero-order valence-corrected chi connectivity index (χ0v) is 10.4. The molecule has 0 aromatic carbocycles. The molecule has 1 unspecified atom stereocenters. The van der Waals surface area contributed by atoms with E-state index in [4.69, 9.17) is 0 Å². The van der Waals surface area contributed by atoms with Gasteiger partial charge in [0.2, 0.25) is 0 Å². The first-order valence-corrected chi connectivity index (χ1v) is 6.48. The fourth-order valence-electron chi connectivity index (χ4n) is 2.80. The van der Waals surface area contributed by atoms with E-state index in [1.54, 1.807) is 0 Å². The van der Waals surface area contributed by atoms with Crippen LogP contribution in [0.15, 0.2) is 0 Å². The van der Waals surface area contributed by atoms with E-state index >= 15 is 0 Å². The van der Waals surface area contributed by atoms with Gasteiger partial charge in [0, 0.05) is 19.6 Å². The highest BCUT2D eigenvalue weighted by molar-refractivity contribution is 5.78. The number of carboxylic acid groups (broad SMARTS) is 1. The number of carbonyl (C=O) groups is 2. The smallest absolute Gasteiger partial charge is 0.317 e. The van der Waals surface area contributed by atoms with E-state index in [0.29, 0.717) is 32.4 Å². The summed E-state index contributed by atoms with van der Waals surface area (Å²) in [7, 11) is 0. The maximum absolute atomic E-state index is 11.8. The van der Waals surface area contributed by atoms with E-state index in [2.05, 4.69) is 5.32 Å². The number of aliphatic carboxylic acids is 1. The summed E-state index contributed by atoms with van der Waals surface area (Å²) in [6, 6.07) is -0.265. The molecule has 0 radical (unpaired) electrons. The van der Waals surface area contributed by atoms with Crippen molar-refractivity contribution in [1.82, 2.24) is 10.2 Å². The molecule has 1 atom stereocenters. The molecular weight excluding hydrogens is 236 g/mol. The van der Waals surface area contributed by atoms with Crippen molar-refractivity contribution in [3.8, 4) is 0 Å². The molecule has 6 nitrogen and oxygen atoms in total. The summed E-state index contributed by atoms with van der Waals surface area (Å²) in [5.41, 5.74) is -0.784. The Kier molecular flexibility index (Phi) is 3.75. The molecule has 1 aliphatic carbocycles. The number of amides is 2. The third-order valence-corrected chi connectivity index (χ3v) is 4.04. The summed E-state index contributed by atoms with van der Waals surface area (Å²) in [5, 5.41) is 21.3. The SMILES string of the molecule is O=C(NCC1(C(=O)O)CCCC1)N1CCC(O)C1. The highest BCUT2D eigenvalue weighted by atomic mass is 16.4. The van der Waals surface area contributed by atoms with Gasteiger partial charge >= 0.3 is 12.0 Å². The first-order chi connectivity index (χ1) is 8.53. The number of aliphatic hydroxyl groups excluding tert-OH is 1. The Morgan fingerprint density at radius 1 is 1.33 bits per heavy atom. The number of nitrogens with zero attached hydrogens (tertiary/aromatic N) is 1. The molecule has 2 fully saturated rings. The number of hydrogen-bond donors (Lipinski definition) is 3. The highest BCUT2D eigenvalue weighted by Crippen LogP contribution is 2.37. The normalized spacial score (nSPS) is 26.3. The van der Waals surface area contributed by atoms with Crippen LogP contribution in [0.1, 0.15) is 32.1 Å². The van der Waals surface area contributed by atoms with Crippen molar-refractivity contribution in [3.63, 3.8) is 0 Å². The third kappa shape index (κ3) is 2.58. The quantitative estimate of drug-likeness (QED) is 0.682. The van der Waals surface area contributed by atoms with Gasteiger partial charge < -0.3 is 20.4 Å². The second-order valence-corrected chi connectivity index (χ2v) is 5.34. The zero-order chi connectivity index (χ0) is 13.2. The maximum Gasteiger partial charge on any atom is 0.317 e. The van der Waals surface area contributed by atoms with Gasteiger partial charge in [0.25, 0.3) is 0 Å². The van der Waals surface area contributed by atoms with E-state index in [0.717, 1.165) is 12.8 Å². The van der Waals surface area contributed by atoms with Crippen LogP contribution in [0.25, 0.3) is 0 Å². The fraction of sp³-hybridized carbons (Fsp3) is 0.833. The number of hydrogen-bond acceptors (Lipinski definition) is 3. The van der Waals surface area contributed by atoms with Crippen molar-refractivity contribution in [1.29, 1.82) is 0 Å². The van der Waals surface area contributed by atoms with Crippen LogP contribution >= 0.6 is 0 Å². The number of rotatable bonds is 3. The monoisotopic (exact) mass is 256 g/mol. The summed E-state index contributed by atoms with van der Waals surface area (Å²) >= 11 is 0. The molecular formula is C12H20N2O4. The van der Waals surface area contributed by atoms with E-state index in [-0.39, 0.29) is 12.6 Å². The number of aliphatic hydroxyl groups is 1. The Balaban J connectivity index is 1.86. The average molecular weight is 256 g/mol. The molecule has 1 saturated heterocycles. The lowest BCUT2D eigenvalue weighted by Crippen LogP contribution is -2.46. The summed E-state index contributed by atoms with van der Waals surface area (Å²) in [6.45, 7) is 1.06. The van der Waals surface area contributed by atoms with E-state index in [9.17, 15) is 19.8 Å². The first-order valence-electron chi connectivity index (χ1n) is 6.48. The molecule has 102 valence electrons. The minimum Gasteiger partial charge on any atom is -0.481 e. The molecule has 6 heteroatoms. The van der Waals surface area contributed by atoms with E-state index in [1.807, 2.05) is 0 Å². The van der Waals surface area contributed by atoms with Gasteiger partial charge in [-0.05, 0) is 19.3 Å². The Morgan fingerprint density at radius 2 is 2.00 bits per heavy atom. The van der Waals surface area contributed by atoms with Gasteiger partial charge in [0.05, 0.1) is 11.5 Å². The third-order valence-electron chi connectivity index (χ3n) is 4.04. The van der Waals surface area contributed by atoms with E-state index < -0.39 is 17.5 Å². The number of carbonyl (C=O) groups excluding carboxylic acids is 1. The molecule has 1 heterocycles. The van der Waals surface area contributed by atoms with Crippen molar-refractivity contribution in [2.75, 3.05) is 19.6 Å². The Labute approximate surface area is 106 Å². The average Bonchev–Trinajstić information content (AvgIpc) is 2.95. The Morgan fingerprint density at radius 3 is 2.50 bits per heavy atom. The van der Waals surface area contributed by atoms with Gasteiger partial charge in [-0.25, -0.2) is 4.79 Å². The summed E-state index contributed by atoms with van der Waals surface area (Å²) in [4.78, 5) is 24.7. The lowest BCUT2D eigenvalue weighted by molar-refractivity contribution is -0.148. The molecule has 2 amide bonds. The minimum absolute atomic E-state index is 0.188. The van der Waals surface area contributed by atoms with Crippen LogP contribution in [0.2, 0.25) is 0 Å². The van der Waals surface area contributed by atoms with Crippen LogP contribution < -0.4 is 5.32 Å². The van der Waals surface area contributed by atoms with Crippen LogP contribution in [0.4, 0.5) is 4.79 Å². The van der Waals surface area contributed by atoms with Crippen LogP contribution in [0.5, 0.6) is 0 Å². The summed E-state index contributed by atoms with van der Waals surface area (Å²) in [6.07, 6.45) is 3.22. The molecule has 0 aromatic heterocycles. The predicted octanol–water partition coefficient (Wildman–Crippen LogP) is 0.408. The Hall–Kier alpha value is -1.30. The number of nitrogens with one attached hydrogen (secondary N) is 1. The second kappa shape index (κ2) is 5.14. The van der Waals surface area contributed by atoms with Gasteiger partial charge in [-0.15, -0.1) is 0 Å². The molecule has 1 aliphatic heterocycles. The minimum atomic E-state index is -0.818. The highest BCUT2D eigenvalue weighted by Gasteiger charge is 2.41. The molecule has 3 N–H and O–H groups in total. The van der Waals surface area contributed by atoms with Gasteiger partial charge in [0.1, 0.15) is 0 Å². The number of β-amino-alcohol motifs (C(OH)–C–C–N with tert-alkyl or cyclic N) is 1. The van der Waals surface area contributed by atoms with Crippen LogP contribution in [-0.2, 0) is 4.79 Å². The zero-order valence-electron chi connectivity index (χ0n) is 10.4. The van der Waals surface area contributed by atoms with Crippen LogP contribution in [0.3, 0.4) is 0 Å². The largest absolute Gasteiger partial charge is 0.481 e. The molecule has 0 bridgehead atoms. The van der Waals surface area contributed by atoms with Crippen molar-refractivity contribution in [2.45, 2.75) is 38.2 Å². The van der Waals surface area contributed by atoms with Gasteiger partial charge in [-0.2, -0.15) is 0 Å². The van der Waals surface area contributed by atoms with Gasteiger partial charge in [-0.3, -0.25) is 4.79 Å². The first kappa shape index (κ1) is 13.1. The molecule has 0 aromatic rings. The number of carboxylic acids is 1. The number of urea groups is 1. The van der Waals surface area contributed by atoms with Crippen molar-refractivity contribution >= 4 is 12.0 Å². The summed E-state index contributed by atoms with van der Waals surface area (Å²) in [5.74, 6) is -0.818. The molecule has 18 heavy (non-hydrogen) atoms. The lowest BCUT2D eigenvalue weighted by Gasteiger charge is -2.25. The van der Waals surface area contributed by atoms with Crippen LogP contribution in [0, 0.1) is 5.41 Å². The topological polar surface area (TPSA) is 89.9 Å². The molecule has 1 saturated carbocycles. The Bertz CT molecular complexity index is 339. The second-order valence-electron chi connectivity index (χ2n) is 5.34. The lowest BCUT2D eigenvalue weighted by atomic mass is 9.86. The predicted molar refractivity (Wildman–Crippen MR) is 64.1 cm³/mol. The van der Waals surface area contributed by atoms with Crippen molar-refractivity contribution < 1.29 is 19.8 Å². The molecule has 0 spiro atoms. The number of likely N-dealkylation sites (tertiary alicyclic amines) is 1. The van der Waals surface area contributed by atoms with Crippen molar-refractivity contribution in [2.24, 2.45) is 5.41 Å². The maximum atomic E-state index is 11.8. The summed E-state index contributed by atoms with van der Waals surface area (Å²) < 4.78 is 0. The van der Waals surface area contributed by atoms with Crippen LogP contribution in [-0.4, -0.2) is 52.9 Å². The standard InChI is InChI=1S/C12H20N2O4/c15-9-3-6-14(7-9)11(18)13-8-12(10(16)17)4-1-2-5-12/h9,15H,1-8H2,(H,13,18)(H,16,17). The van der Waals surface area contributed by atoms with Crippen molar-refractivity contribution in [3.05, 3.63) is 0 Å². The molecule has 2 aliphatic rings. The van der Waals surface area contributed by atoms with E-state index in [1.165, 1.54) is 4.90 Å². The fourth-order valence-corrected chi connectivity index (χ4v) is 2.80.